The second-order valence-electron chi connectivity index (χ2n) is 5.45. The van der Waals surface area contributed by atoms with Gasteiger partial charge in [0.05, 0.1) is 5.69 Å². The average Bonchev–Trinajstić information content (AvgIpc) is 3.07. The minimum absolute atomic E-state index is 0.143. The van der Waals surface area contributed by atoms with Crippen molar-refractivity contribution < 1.29 is 9.59 Å². The van der Waals surface area contributed by atoms with Crippen molar-refractivity contribution in [1.29, 1.82) is 0 Å². The fraction of sp³-hybridized carbons (Fsp3) is 0.467. The Morgan fingerprint density at radius 2 is 1.95 bits per heavy atom. The van der Waals surface area contributed by atoms with Gasteiger partial charge in [0.15, 0.2) is 0 Å². The summed E-state index contributed by atoms with van der Waals surface area (Å²) in [4.78, 5) is 27.7. The summed E-state index contributed by atoms with van der Waals surface area (Å²) < 4.78 is 0. The Bertz CT molecular complexity index is 538. The molecule has 1 aliphatic carbocycles. The van der Waals surface area contributed by atoms with Gasteiger partial charge in [-0.05, 0) is 30.5 Å². The molecule has 2 N–H and O–H groups in total. The summed E-state index contributed by atoms with van der Waals surface area (Å²) in [5.41, 5.74) is 7.16. The van der Waals surface area contributed by atoms with E-state index in [2.05, 4.69) is 0 Å². The van der Waals surface area contributed by atoms with E-state index < -0.39 is 0 Å². The smallest absolute Gasteiger partial charge is 0.326 e. The molecule has 1 aromatic rings. The third-order valence-corrected chi connectivity index (χ3v) is 4.16. The van der Waals surface area contributed by atoms with Crippen molar-refractivity contribution in [3.63, 3.8) is 0 Å². The normalized spacial score (nSPS) is 20.2. The average molecular weight is 273 g/mol. The molecule has 0 radical (unpaired) electrons. The molecule has 3 rings (SSSR count). The van der Waals surface area contributed by atoms with Crippen LogP contribution in [0.2, 0.25) is 0 Å². The van der Waals surface area contributed by atoms with E-state index in [1.165, 1.54) is 4.90 Å². The molecular formula is C15H19N3O2. The number of nitrogens with two attached hydrogens (primary N) is 1. The van der Waals surface area contributed by atoms with Gasteiger partial charge in [-0.15, -0.1) is 0 Å². The molecule has 1 saturated carbocycles. The molecule has 20 heavy (non-hydrogen) atoms. The highest BCUT2D eigenvalue weighted by Gasteiger charge is 2.41. The number of imide groups is 1. The van der Waals surface area contributed by atoms with Gasteiger partial charge in [-0.3, -0.25) is 4.79 Å². The van der Waals surface area contributed by atoms with Gasteiger partial charge in [-0.1, -0.05) is 25.0 Å². The van der Waals surface area contributed by atoms with Gasteiger partial charge >= 0.3 is 6.03 Å². The number of carbonyl (C=O) groups is 2. The van der Waals surface area contributed by atoms with E-state index in [0.717, 1.165) is 31.2 Å². The molecule has 1 aliphatic heterocycles. The zero-order chi connectivity index (χ0) is 14.1. The summed E-state index contributed by atoms with van der Waals surface area (Å²) in [5.74, 6) is -0.143. The number of hydrogen-bond acceptors (Lipinski definition) is 3. The highest BCUT2D eigenvalue weighted by Crippen LogP contribution is 2.29. The first kappa shape index (κ1) is 13.1. The first-order valence-electron chi connectivity index (χ1n) is 7.13. The van der Waals surface area contributed by atoms with Crippen molar-refractivity contribution in [1.82, 2.24) is 4.90 Å². The summed E-state index contributed by atoms with van der Waals surface area (Å²) in [7, 11) is 0. The Labute approximate surface area is 118 Å². The Morgan fingerprint density at radius 3 is 2.65 bits per heavy atom. The van der Waals surface area contributed by atoms with Gasteiger partial charge in [0, 0.05) is 12.6 Å². The zero-order valence-electron chi connectivity index (χ0n) is 11.4. The van der Waals surface area contributed by atoms with E-state index in [-0.39, 0.29) is 24.5 Å². The van der Waals surface area contributed by atoms with Gasteiger partial charge in [0.2, 0.25) is 0 Å². The molecule has 0 spiro atoms. The summed E-state index contributed by atoms with van der Waals surface area (Å²) >= 11 is 0. The number of urea groups is 1. The number of rotatable bonds is 3. The van der Waals surface area contributed by atoms with Crippen LogP contribution in [0.4, 0.5) is 10.5 Å². The lowest BCUT2D eigenvalue weighted by Gasteiger charge is -2.23. The maximum Gasteiger partial charge on any atom is 0.332 e. The molecule has 2 fully saturated rings. The van der Waals surface area contributed by atoms with Crippen LogP contribution in [-0.2, 0) is 11.3 Å². The molecule has 0 unspecified atom stereocenters. The first-order chi connectivity index (χ1) is 9.70. The minimum atomic E-state index is -0.184. The SMILES string of the molecule is NCc1cccc(N2C(=O)CN(C3CCCC3)C2=O)c1. The van der Waals surface area contributed by atoms with E-state index >= 15 is 0 Å². The largest absolute Gasteiger partial charge is 0.332 e. The Hall–Kier alpha value is -1.88. The predicted octanol–water partition coefficient (Wildman–Crippen LogP) is 1.86. The van der Waals surface area contributed by atoms with Crippen molar-refractivity contribution in [3.05, 3.63) is 29.8 Å². The van der Waals surface area contributed by atoms with E-state index in [1.807, 2.05) is 18.2 Å². The number of anilines is 1. The van der Waals surface area contributed by atoms with Crippen LogP contribution in [0.15, 0.2) is 24.3 Å². The highest BCUT2D eigenvalue weighted by atomic mass is 16.2. The molecule has 1 saturated heterocycles. The standard InChI is InChI=1S/C15H19N3O2/c16-9-11-4-3-7-13(8-11)18-14(19)10-17(15(18)20)12-5-1-2-6-12/h3-4,7-8,12H,1-2,5-6,9-10,16H2. The molecule has 5 heteroatoms. The van der Waals surface area contributed by atoms with Crippen LogP contribution in [0.5, 0.6) is 0 Å². The predicted molar refractivity (Wildman–Crippen MR) is 76.2 cm³/mol. The number of nitrogens with zero attached hydrogens (tertiary/aromatic N) is 2. The molecule has 2 aliphatic rings. The van der Waals surface area contributed by atoms with Gasteiger partial charge in [0.25, 0.3) is 5.91 Å². The van der Waals surface area contributed by atoms with Gasteiger partial charge < -0.3 is 10.6 Å². The molecule has 3 amide bonds. The second kappa shape index (κ2) is 5.25. The van der Waals surface area contributed by atoms with Crippen LogP contribution >= 0.6 is 0 Å². The number of hydrogen-bond donors (Lipinski definition) is 1. The van der Waals surface area contributed by atoms with Gasteiger partial charge in [-0.25, -0.2) is 9.69 Å². The second-order valence-corrected chi connectivity index (χ2v) is 5.45. The summed E-state index contributed by atoms with van der Waals surface area (Å²) in [6, 6.07) is 7.37. The molecule has 0 aromatic heterocycles. The third kappa shape index (κ3) is 2.18. The van der Waals surface area contributed by atoms with E-state index in [1.54, 1.807) is 11.0 Å². The number of carbonyl (C=O) groups excluding carboxylic acids is 2. The van der Waals surface area contributed by atoms with Gasteiger partial charge in [0.1, 0.15) is 6.54 Å². The fourth-order valence-corrected chi connectivity index (χ4v) is 3.10. The topological polar surface area (TPSA) is 66.6 Å². The van der Waals surface area contributed by atoms with Crippen molar-refractivity contribution >= 4 is 17.6 Å². The molecule has 0 atom stereocenters. The molecule has 1 heterocycles. The Balaban J connectivity index is 1.85. The Morgan fingerprint density at radius 1 is 1.20 bits per heavy atom. The van der Waals surface area contributed by atoms with E-state index in [9.17, 15) is 9.59 Å². The number of amides is 3. The maximum atomic E-state index is 12.5. The van der Waals surface area contributed by atoms with Crippen LogP contribution < -0.4 is 10.6 Å². The van der Waals surface area contributed by atoms with Crippen LogP contribution in [0.25, 0.3) is 0 Å². The van der Waals surface area contributed by atoms with Crippen LogP contribution in [0.3, 0.4) is 0 Å². The molecule has 0 bridgehead atoms. The van der Waals surface area contributed by atoms with Gasteiger partial charge in [-0.2, -0.15) is 0 Å². The summed E-state index contributed by atoms with van der Waals surface area (Å²) in [6.07, 6.45) is 4.31. The van der Waals surface area contributed by atoms with Crippen molar-refractivity contribution in [3.8, 4) is 0 Å². The highest BCUT2D eigenvalue weighted by molar-refractivity contribution is 6.19. The molecule has 1 aromatic carbocycles. The van der Waals surface area contributed by atoms with Crippen molar-refractivity contribution in [2.24, 2.45) is 5.73 Å². The monoisotopic (exact) mass is 273 g/mol. The minimum Gasteiger partial charge on any atom is -0.326 e. The lowest BCUT2D eigenvalue weighted by molar-refractivity contribution is -0.116. The molecule has 106 valence electrons. The third-order valence-electron chi connectivity index (χ3n) is 4.16. The van der Waals surface area contributed by atoms with Crippen molar-refractivity contribution in [2.75, 3.05) is 11.4 Å². The molecule has 5 nitrogen and oxygen atoms in total. The Kier molecular flexibility index (Phi) is 3.44. The van der Waals surface area contributed by atoms with E-state index in [0.29, 0.717) is 12.2 Å². The van der Waals surface area contributed by atoms with Crippen LogP contribution in [0, 0.1) is 0 Å². The lowest BCUT2D eigenvalue weighted by atomic mass is 10.2. The number of benzene rings is 1. The van der Waals surface area contributed by atoms with Crippen molar-refractivity contribution in [2.45, 2.75) is 38.3 Å². The zero-order valence-corrected chi connectivity index (χ0v) is 11.4. The van der Waals surface area contributed by atoms with Crippen LogP contribution in [0.1, 0.15) is 31.2 Å². The summed E-state index contributed by atoms with van der Waals surface area (Å²) in [5, 5.41) is 0. The lowest BCUT2D eigenvalue weighted by Crippen LogP contribution is -2.38. The summed E-state index contributed by atoms with van der Waals surface area (Å²) in [6.45, 7) is 0.604. The van der Waals surface area contributed by atoms with Crippen LogP contribution in [-0.4, -0.2) is 29.4 Å². The first-order valence-corrected chi connectivity index (χ1v) is 7.13. The molecular weight excluding hydrogens is 254 g/mol. The fourth-order valence-electron chi connectivity index (χ4n) is 3.10. The van der Waals surface area contributed by atoms with E-state index in [4.69, 9.17) is 5.73 Å². The quantitative estimate of drug-likeness (QED) is 0.855. The maximum absolute atomic E-state index is 12.5.